The van der Waals surface area contributed by atoms with Gasteiger partial charge in [0, 0.05) is 5.92 Å². The van der Waals surface area contributed by atoms with E-state index in [9.17, 15) is 9.90 Å². The molecule has 0 spiro atoms. The first-order chi connectivity index (χ1) is 16.0. The number of para-hydroxylation sites is 1. The summed E-state index contributed by atoms with van der Waals surface area (Å²) in [6.07, 6.45) is 9.18. The molecular weight excluding hydrogens is 444 g/mol. The van der Waals surface area contributed by atoms with E-state index in [2.05, 4.69) is 45.7 Å². The molecule has 0 aromatic heterocycles. The second-order valence-corrected chi connectivity index (χ2v) is 15.4. The van der Waals surface area contributed by atoms with E-state index < -0.39 is 14.3 Å². The molecule has 1 aromatic carbocycles. The number of aliphatic carboxylic acids is 1. The van der Waals surface area contributed by atoms with Gasteiger partial charge in [0.05, 0.1) is 18.6 Å². The molecule has 34 heavy (non-hydrogen) atoms. The Hall–Kier alpha value is -2.11. The Morgan fingerprint density at radius 1 is 1.24 bits per heavy atom. The topological polar surface area (TPSA) is 76.0 Å². The molecule has 6 heteroatoms. The molecule has 0 aliphatic heterocycles. The van der Waals surface area contributed by atoms with E-state index in [1.807, 2.05) is 36.4 Å². The van der Waals surface area contributed by atoms with Crippen molar-refractivity contribution < 1.29 is 24.2 Å². The predicted octanol–water partition coefficient (Wildman–Crippen LogP) is 6.51. The van der Waals surface area contributed by atoms with Crippen LogP contribution in [0.15, 0.2) is 59.9 Å². The van der Waals surface area contributed by atoms with Crippen molar-refractivity contribution >= 4 is 14.3 Å². The number of hydrogen-bond donors (Lipinski definition) is 2. The Balaban J connectivity index is 1.99. The maximum Gasteiger partial charge on any atom is 0.307 e. The van der Waals surface area contributed by atoms with Crippen LogP contribution in [0.4, 0.5) is 0 Å². The van der Waals surface area contributed by atoms with Gasteiger partial charge >= 0.3 is 5.97 Å². The number of benzene rings is 1. The zero-order valence-corrected chi connectivity index (χ0v) is 22.4. The lowest BCUT2D eigenvalue weighted by molar-refractivity contribution is -0.136. The van der Waals surface area contributed by atoms with Crippen molar-refractivity contribution in [1.29, 1.82) is 0 Å². The van der Waals surface area contributed by atoms with Crippen LogP contribution in [0.5, 0.6) is 5.75 Å². The fraction of sp³-hybridized carbons (Fsp3) is 0.571. The largest absolute Gasteiger partial charge is 0.491 e. The van der Waals surface area contributed by atoms with Crippen molar-refractivity contribution in [3.05, 3.63) is 59.9 Å². The van der Waals surface area contributed by atoms with Gasteiger partial charge in [0.1, 0.15) is 12.4 Å². The molecule has 0 saturated heterocycles. The SMILES string of the molecule is CC(C)(C)[Si](C)(C)O[C@@H](CCC1=CC[C@@H](O)[C@H]1CCC=C=CCC(=O)O)COc1ccccc1. The number of carbonyl (C=O) groups is 1. The molecule has 0 amide bonds. The summed E-state index contributed by atoms with van der Waals surface area (Å²) in [5.74, 6) is 0.117. The van der Waals surface area contributed by atoms with Crippen LogP contribution in [0, 0.1) is 5.92 Å². The molecule has 2 N–H and O–H groups in total. The summed E-state index contributed by atoms with van der Waals surface area (Å²) in [7, 11) is -1.96. The van der Waals surface area contributed by atoms with Crippen LogP contribution in [0.2, 0.25) is 18.1 Å². The summed E-state index contributed by atoms with van der Waals surface area (Å²) in [5, 5.41) is 19.3. The minimum absolute atomic E-state index is 0.0146. The molecule has 0 heterocycles. The highest BCUT2D eigenvalue weighted by Gasteiger charge is 2.39. The van der Waals surface area contributed by atoms with Gasteiger partial charge in [0.2, 0.25) is 0 Å². The van der Waals surface area contributed by atoms with Crippen molar-refractivity contribution in [3.63, 3.8) is 0 Å². The molecule has 3 atom stereocenters. The van der Waals surface area contributed by atoms with Gasteiger partial charge in [-0.25, -0.2) is 0 Å². The van der Waals surface area contributed by atoms with Crippen molar-refractivity contribution in [2.75, 3.05) is 6.61 Å². The normalized spacial score (nSPS) is 19.2. The van der Waals surface area contributed by atoms with Crippen LogP contribution < -0.4 is 4.74 Å². The fourth-order valence-electron chi connectivity index (χ4n) is 3.88. The average Bonchev–Trinajstić information content (AvgIpc) is 3.11. The minimum atomic E-state index is -1.96. The Labute approximate surface area is 206 Å². The van der Waals surface area contributed by atoms with Crippen LogP contribution in [0.25, 0.3) is 0 Å². The van der Waals surface area contributed by atoms with Gasteiger partial charge in [0.15, 0.2) is 8.32 Å². The standard InChI is InChI=1S/C28H42O5Si/c1-28(2,3)34(4,5)33-24(21-32-23-13-9-8-10-14-23)19-17-22-18-20-26(29)25(22)15-11-6-7-12-16-27(30)31/h6,8-10,12-14,18,24-26,29H,11,15-17,19-21H2,1-5H3,(H,30,31)/t7?,24-,25-,26+/m0/s1. The minimum Gasteiger partial charge on any atom is -0.491 e. The third-order valence-corrected chi connectivity index (χ3v) is 11.4. The third kappa shape index (κ3) is 9.26. The first kappa shape index (κ1) is 28.1. The molecule has 0 saturated carbocycles. The highest BCUT2D eigenvalue weighted by Crippen LogP contribution is 2.39. The Morgan fingerprint density at radius 2 is 1.94 bits per heavy atom. The van der Waals surface area contributed by atoms with Crippen LogP contribution >= 0.6 is 0 Å². The molecule has 5 nitrogen and oxygen atoms in total. The smallest absolute Gasteiger partial charge is 0.307 e. The third-order valence-electron chi connectivity index (χ3n) is 6.90. The lowest BCUT2D eigenvalue weighted by atomic mass is 9.90. The van der Waals surface area contributed by atoms with E-state index in [-0.39, 0.29) is 29.6 Å². The van der Waals surface area contributed by atoms with Crippen molar-refractivity contribution in [3.8, 4) is 5.75 Å². The molecule has 0 fully saturated rings. The number of aliphatic hydroxyl groups excluding tert-OH is 1. The number of hydrogen-bond acceptors (Lipinski definition) is 4. The van der Waals surface area contributed by atoms with Crippen LogP contribution in [-0.2, 0) is 9.22 Å². The monoisotopic (exact) mass is 486 g/mol. The number of carboxylic acids is 1. The van der Waals surface area contributed by atoms with Crippen molar-refractivity contribution in [2.45, 2.75) is 89.6 Å². The first-order valence-electron chi connectivity index (χ1n) is 12.3. The zero-order valence-electron chi connectivity index (χ0n) is 21.4. The highest BCUT2D eigenvalue weighted by molar-refractivity contribution is 6.74. The summed E-state index contributed by atoms with van der Waals surface area (Å²) in [6, 6.07) is 9.85. The van der Waals surface area contributed by atoms with Gasteiger partial charge in [0.25, 0.3) is 0 Å². The molecule has 2 rings (SSSR count). The number of ether oxygens (including phenoxy) is 1. The first-order valence-corrected chi connectivity index (χ1v) is 15.2. The van der Waals surface area contributed by atoms with Gasteiger partial charge in [-0.15, -0.1) is 5.73 Å². The summed E-state index contributed by atoms with van der Waals surface area (Å²) < 4.78 is 12.8. The molecule has 1 aliphatic carbocycles. The molecule has 1 aliphatic rings. The van der Waals surface area contributed by atoms with Gasteiger partial charge in [-0.1, -0.05) is 50.6 Å². The summed E-state index contributed by atoms with van der Waals surface area (Å²) in [6.45, 7) is 11.8. The van der Waals surface area contributed by atoms with Gasteiger partial charge in [-0.3, -0.25) is 4.79 Å². The quantitative estimate of drug-likeness (QED) is 0.189. The van der Waals surface area contributed by atoms with Crippen molar-refractivity contribution in [1.82, 2.24) is 0 Å². The number of aliphatic hydroxyl groups is 1. The number of rotatable bonds is 13. The second-order valence-electron chi connectivity index (χ2n) is 10.6. The van der Waals surface area contributed by atoms with E-state index in [0.29, 0.717) is 13.0 Å². The van der Waals surface area contributed by atoms with Crippen LogP contribution in [0.1, 0.15) is 59.3 Å². The maximum absolute atomic E-state index is 10.6. The summed E-state index contributed by atoms with van der Waals surface area (Å²) in [5.41, 5.74) is 4.22. The highest BCUT2D eigenvalue weighted by atomic mass is 28.4. The zero-order chi connectivity index (χ0) is 25.2. The molecule has 1 aromatic rings. The van der Waals surface area contributed by atoms with E-state index in [1.165, 1.54) is 11.6 Å². The Bertz CT molecular complexity index is 863. The van der Waals surface area contributed by atoms with Gasteiger partial charge in [-0.05, 0) is 74.5 Å². The second kappa shape index (κ2) is 13.1. The maximum atomic E-state index is 10.6. The van der Waals surface area contributed by atoms with Gasteiger partial charge in [-0.2, -0.15) is 0 Å². The fourth-order valence-corrected chi connectivity index (χ4v) is 5.25. The molecule has 188 valence electrons. The van der Waals surface area contributed by atoms with E-state index in [1.54, 1.807) is 0 Å². The van der Waals surface area contributed by atoms with E-state index in [0.717, 1.165) is 31.4 Å². The van der Waals surface area contributed by atoms with E-state index >= 15 is 0 Å². The lowest BCUT2D eigenvalue weighted by Gasteiger charge is -2.39. The van der Waals surface area contributed by atoms with Crippen LogP contribution in [-0.4, -0.2) is 43.3 Å². The molecular formula is C28H42O5Si. The van der Waals surface area contributed by atoms with Crippen LogP contribution in [0.3, 0.4) is 0 Å². The summed E-state index contributed by atoms with van der Waals surface area (Å²) >= 11 is 0. The predicted molar refractivity (Wildman–Crippen MR) is 140 cm³/mol. The lowest BCUT2D eigenvalue weighted by Crippen LogP contribution is -2.45. The van der Waals surface area contributed by atoms with Gasteiger partial charge < -0.3 is 19.4 Å². The number of carboxylic acid groups (broad SMARTS) is 1. The van der Waals surface area contributed by atoms with Crippen molar-refractivity contribution in [2.24, 2.45) is 5.92 Å². The Morgan fingerprint density at radius 3 is 2.59 bits per heavy atom. The van der Waals surface area contributed by atoms with E-state index in [4.69, 9.17) is 14.3 Å². The average molecular weight is 487 g/mol. The molecule has 0 bridgehead atoms. The Kier molecular flexibility index (Phi) is 10.8. The molecule has 0 unspecified atom stereocenters. The summed E-state index contributed by atoms with van der Waals surface area (Å²) in [4.78, 5) is 10.6. The molecule has 0 radical (unpaired) electrons.